The van der Waals surface area contributed by atoms with Crippen molar-refractivity contribution in [2.75, 3.05) is 5.32 Å². The molecule has 3 heterocycles. The largest absolute Gasteiger partial charge is 0.322 e. The molecule has 1 N–H and O–H groups in total. The van der Waals surface area contributed by atoms with E-state index in [1.807, 2.05) is 90.6 Å². The number of nitrogens with zero attached hydrogens (tertiary/aromatic N) is 4. The van der Waals surface area contributed by atoms with E-state index in [0.29, 0.717) is 17.8 Å². The first kappa shape index (κ1) is 22.8. The lowest BCUT2D eigenvalue weighted by Gasteiger charge is -2.31. The third-order valence-electron chi connectivity index (χ3n) is 6.89. The van der Waals surface area contributed by atoms with E-state index >= 15 is 0 Å². The van der Waals surface area contributed by atoms with Crippen molar-refractivity contribution in [3.05, 3.63) is 131 Å². The minimum atomic E-state index is -0.373. The molecule has 1 aliphatic rings. The molecule has 1 aliphatic heterocycles. The van der Waals surface area contributed by atoms with Gasteiger partial charge < -0.3 is 14.8 Å². The zero-order chi connectivity index (χ0) is 25.5. The molecule has 0 bridgehead atoms. The third kappa shape index (κ3) is 3.98. The standard InChI is InChI=1S/C30H26FN5O/c1-20-15-16-23(18-26(20)31)32-30(37)35-19-25-21(2)33-36(24-12-7-4-8-13-24)29(25)34-17-9-14-27(34)28(35)22-10-5-3-6-11-22/h3-18,28H,19H2,1-2H3,(H,32,37)/t28-/m1/s1. The number of rotatable bonds is 3. The van der Waals surface area contributed by atoms with Gasteiger partial charge in [-0.3, -0.25) is 0 Å². The predicted molar refractivity (Wildman–Crippen MR) is 142 cm³/mol. The molecule has 6 rings (SSSR count). The van der Waals surface area contributed by atoms with Gasteiger partial charge in [0, 0.05) is 17.4 Å². The number of carbonyl (C=O) groups is 1. The molecular formula is C30H26FN5O. The van der Waals surface area contributed by atoms with Gasteiger partial charge in [0.25, 0.3) is 0 Å². The van der Waals surface area contributed by atoms with Crippen molar-refractivity contribution in [3.63, 3.8) is 0 Å². The first-order valence-electron chi connectivity index (χ1n) is 12.2. The minimum absolute atomic E-state index is 0.315. The number of aromatic nitrogens is 3. The smallest absolute Gasteiger partial charge is 0.308 e. The van der Waals surface area contributed by atoms with Crippen LogP contribution >= 0.6 is 0 Å². The lowest BCUT2D eigenvalue weighted by molar-refractivity contribution is 0.194. The fourth-order valence-electron chi connectivity index (χ4n) is 5.00. The van der Waals surface area contributed by atoms with Crippen molar-refractivity contribution < 1.29 is 9.18 Å². The Morgan fingerprint density at radius 2 is 1.68 bits per heavy atom. The van der Waals surface area contributed by atoms with Crippen molar-refractivity contribution >= 4 is 11.7 Å². The van der Waals surface area contributed by atoms with Crippen molar-refractivity contribution in [2.24, 2.45) is 0 Å². The lowest BCUT2D eigenvalue weighted by Crippen LogP contribution is -2.38. The summed E-state index contributed by atoms with van der Waals surface area (Å²) in [5.41, 5.74) is 5.59. The topological polar surface area (TPSA) is 55.1 Å². The molecule has 2 aromatic heterocycles. The average molecular weight is 492 g/mol. The molecule has 184 valence electrons. The van der Waals surface area contributed by atoms with Crippen LogP contribution in [-0.2, 0) is 6.54 Å². The summed E-state index contributed by atoms with van der Waals surface area (Å²) < 4.78 is 18.3. The van der Waals surface area contributed by atoms with E-state index in [4.69, 9.17) is 5.10 Å². The van der Waals surface area contributed by atoms with E-state index in [0.717, 1.165) is 34.0 Å². The van der Waals surface area contributed by atoms with Crippen molar-refractivity contribution in [1.82, 2.24) is 19.2 Å². The Kier molecular flexibility index (Phi) is 5.60. The van der Waals surface area contributed by atoms with E-state index in [1.165, 1.54) is 6.07 Å². The quantitative estimate of drug-likeness (QED) is 0.311. The van der Waals surface area contributed by atoms with Gasteiger partial charge in [0.2, 0.25) is 0 Å². The van der Waals surface area contributed by atoms with Crippen molar-refractivity contribution in [3.8, 4) is 11.5 Å². The molecule has 5 aromatic rings. The van der Waals surface area contributed by atoms with Crippen LogP contribution in [0.15, 0.2) is 97.2 Å². The fraction of sp³-hybridized carbons (Fsp3) is 0.133. The number of anilines is 1. The second kappa shape index (κ2) is 9.09. The van der Waals surface area contributed by atoms with Gasteiger partial charge in [0.1, 0.15) is 11.6 Å². The molecule has 1 atom stereocenters. The van der Waals surface area contributed by atoms with Gasteiger partial charge in [-0.25, -0.2) is 13.9 Å². The van der Waals surface area contributed by atoms with Gasteiger partial charge in [-0.2, -0.15) is 5.10 Å². The molecular weight excluding hydrogens is 465 g/mol. The highest BCUT2D eigenvalue weighted by Gasteiger charge is 2.36. The molecule has 0 fully saturated rings. The normalized spacial score (nSPS) is 14.6. The monoisotopic (exact) mass is 491 g/mol. The summed E-state index contributed by atoms with van der Waals surface area (Å²) in [6, 6.07) is 28.0. The number of para-hydroxylation sites is 1. The van der Waals surface area contributed by atoms with Crippen molar-refractivity contribution in [2.45, 2.75) is 26.4 Å². The van der Waals surface area contributed by atoms with E-state index in [-0.39, 0.29) is 17.9 Å². The highest BCUT2D eigenvalue weighted by atomic mass is 19.1. The lowest BCUT2D eigenvalue weighted by atomic mass is 10.0. The maximum absolute atomic E-state index is 14.3. The molecule has 0 spiro atoms. The summed E-state index contributed by atoms with van der Waals surface area (Å²) in [4.78, 5) is 15.7. The second-order valence-electron chi connectivity index (χ2n) is 9.27. The molecule has 3 aromatic carbocycles. The summed E-state index contributed by atoms with van der Waals surface area (Å²) in [6.07, 6.45) is 2.02. The molecule has 0 aliphatic carbocycles. The van der Waals surface area contributed by atoms with Crippen LogP contribution in [0.3, 0.4) is 0 Å². The van der Waals surface area contributed by atoms with E-state index in [2.05, 4.69) is 9.88 Å². The zero-order valence-electron chi connectivity index (χ0n) is 20.6. The Morgan fingerprint density at radius 3 is 2.41 bits per heavy atom. The van der Waals surface area contributed by atoms with Gasteiger partial charge >= 0.3 is 6.03 Å². The van der Waals surface area contributed by atoms with Gasteiger partial charge in [-0.1, -0.05) is 54.6 Å². The van der Waals surface area contributed by atoms with Gasteiger partial charge in [-0.15, -0.1) is 0 Å². The summed E-state index contributed by atoms with van der Waals surface area (Å²) in [7, 11) is 0. The van der Waals surface area contributed by atoms with Gasteiger partial charge in [0.15, 0.2) is 0 Å². The fourth-order valence-corrected chi connectivity index (χ4v) is 5.00. The molecule has 6 nitrogen and oxygen atoms in total. The maximum Gasteiger partial charge on any atom is 0.322 e. The number of nitrogens with one attached hydrogen (secondary N) is 1. The number of fused-ring (bicyclic) bond motifs is 3. The highest BCUT2D eigenvalue weighted by Crippen LogP contribution is 2.38. The van der Waals surface area contributed by atoms with Crippen LogP contribution < -0.4 is 5.32 Å². The number of hydrogen-bond donors (Lipinski definition) is 1. The van der Waals surface area contributed by atoms with Crippen LogP contribution in [-0.4, -0.2) is 25.3 Å². The van der Waals surface area contributed by atoms with Gasteiger partial charge in [0.05, 0.1) is 29.7 Å². The number of urea groups is 1. The second-order valence-corrected chi connectivity index (χ2v) is 9.27. The van der Waals surface area contributed by atoms with E-state index < -0.39 is 0 Å². The van der Waals surface area contributed by atoms with E-state index in [1.54, 1.807) is 24.0 Å². The summed E-state index contributed by atoms with van der Waals surface area (Å²) in [6.45, 7) is 4.00. The van der Waals surface area contributed by atoms with Crippen LogP contribution in [0.25, 0.3) is 11.5 Å². The number of benzene rings is 3. The molecule has 0 saturated heterocycles. The summed E-state index contributed by atoms with van der Waals surface area (Å²) in [5, 5.41) is 7.80. The third-order valence-corrected chi connectivity index (χ3v) is 6.89. The molecule has 0 saturated carbocycles. The van der Waals surface area contributed by atoms with Crippen LogP contribution in [0.4, 0.5) is 14.9 Å². The molecule has 0 unspecified atom stereocenters. The first-order chi connectivity index (χ1) is 18.0. The van der Waals surface area contributed by atoms with E-state index in [9.17, 15) is 9.18 Å². The van der Waals surface area contributed by atoms with Crippen LogP contribution in [0.5, 0.6) is 0 Å². The predicted octanol–water partition coefficient (Wildman–Crippen LogP) is 6.56. The molecule has 0 radical (unpaired) electrons. The average Bonchev–Trinajstić information content (AvgIpc) is 3.47. The van der Waals surface area contributed by atoms with Crippen LogP contribution in [0.1, 0.15) is 34.1 Å². The molecule has 7 heteroatoms. The first-order valence-corrected chi connectivity index (χ1v) is 12.2. The Balaban J connectivity index is 1.52. The minimum Gasteiger partial charge on any atom is -0.308 e. The Bertz CT molecular complexity index is 1590. The Hall–Kier alpha value is -4.65. The van der Waals surface area contributed by atoms with Crippen molar-refractivity contribution in [1.29, 1.82) is 0 Å². The van der Waals surface area contributed by atoms with Crippen LogP contribution in [0.2, 0.25) is 0 Å². The van der Waals surface area contributed by atoms with Crippen LogP contribution in [0, 0.1) is 19.7 Å². The zero-order valence-corrected chi connectivity index (χ0v) is 20.6. The summed E-state index contributed by atoms with van der Waals surface area (Å²) in [5.74, 6) is 0.547. The highest BCUT2D eigenvalue weighted by molar-refractivity contribution is 5.90. The maximum atomic E-state index is 14.3. The number of hydrogen-bond acceptors (Lipinski definition) is 2. The number of aryl methyl sites for hydroxylation is 2. The number of halogens is 1. The SMILES string of the molecule is Cc1ccc(NC(=O)N2Cc3c(C)nn(-c4ccccc4)c3-n3cccc3[C@H]2c2ccccc2)cc1F. The van der Waals surface area contributed by atoms with Gasteiger partial charge in [-0.05, 0) is 61.4 Å². The number of amides is 2. The Labute approximate surface area is 214 Å². The Morgan fingerprint density at radius 1 is 0.946 bits per heavy atom. The summed E-state index contributed by atoms with van der Waals surface area (Å²) >= 11 is 0. The number of carbonyl (C=O) groups excluding carboxylic acids is 1. The molecule has 37 heavy (non-hydrogen) atoms. The molecule has 2 amide bonds.